The number of halogens is 3. The van der Waals surface area contributed by atoms with E-state index in [-0.39, 0.29) is 5.69 Å². The molecule has 0 radical (unpaired) electrons. The lowest BCUT2D eigenvalue weighted by Gasteiger charge is -2.07. The smallest absolute Gasteiger partial charge is 0.386 e. The fourth-order valence-electron chi connectivity index (χ4n) is 1.20. The second-order valence-electron chi connectivity index (χ2n) is 2.84. The van der Waals surface area contributed by atoms with Crippen molar-refractivity contribution < 1.29 is 17.9 Å². The summed E-state index contributed by atoms with van der Waals surface area (Å²) >= 11 is 0. The molecule has 2 heterocycles. The maximum absolute atomic E-state index is 12.0. The van der Waals surface area contributed by atoms with Gasteiger partial charge in [-0.2, -0.15) is 9.61 Å². The number of imidazole rings is 1. The van der Waals surface area contributed by atoms with Crippen LogP contribution in [0, 0.1) is 6.92 Å². The Kier molecular flexibility index (Phi) is 2.02. The molecule has 0 fully saturated rings. The number of alkyl halides is 3. The molecule has 2 aromatic heterocycles. The zero-order valence-electron chi connectivity index (χ0n) is 7.62. The van der Waals surface area contributed by atoms with Crippen molar-refractivity contribution in [1.82, 2.24) is 14.6 Å². The summed E-state index contributed by atoms with van der Waals surface area (Å²) in [7, 11) is 0. The van der Waals surface area contributed by atoms with Gasteiger partial charge >= 0.3 is 6.36 Å². The minimum Gasteiger partial charge on any atom is -0.386 e. The Morgan fingerprint density at radius 2 is 2.13 bits per heavy atom. The summed E-state index contributed by atoms with van der Waals surface area (Å²) < 4.78 is 40.9. The largest absolute Gasteiger partial charge is 0.574 e. The minimum atomic E-state index is -4.74. The zero-order valence-corrected chi connectivity index (χ0v) is 7.62. The first kappa shape index (κ1) is 9.75. The lowest BCUT2D eigenvalue weighted by molar-refractivity contribution is -0.276. The molecule has 0 saturated carbocycles. The van der Waals surface area contributed by atoms with Crippen LogP contribution in [0.15, 0.2) is 18.3 Å². The van der Waals surface area contributed by atoms with E-state index in [9.17, 15) is 13.2 Å². The van der Waals surface area contributed by atoms with Gasteiger partial charge in [-0.1, -0.05) is 0 Å². The van der Waals surface area contributed by atoms with Crippen LogP contribution in [0.2, 0.25) is 0 Å². The summed E-state index contributed by atoms with van der Waals surface area (Å²) in [5, 5.41) is 3.72. The fourth-order valence-corrected chi connectivity index (χ4v) is 1.20. The molecule has 0 unspecified atom stereocenters. The van der Waals surface area contributed by atoms with Gasteiger partial charge < -0.3 is 4.74 Å². The minimum absolute atomic E-state index is 0.144. The van der Waals surface area contributed by atoms with E-state index >= 15 is 0 Å². The topological polar surface area (TPSA) is 39.4 Å². The van der Waals surface area contributed by atoms with Crippen molar-refractivity contribution in [3.8, 4) is 5.88 Å². The molecule has 2 aromatic rings. The molecule has 0 aliphatic carbocycles. The molecule has 0 spiro atoms. The first-order chi connectivity index (χ1) is 6.97. The van der Waals surface area contributed by atoms with Crippen LogP contribution in [-0.2, 0) is 0 Å². The molecule has 0 aliphatic heterocycles. The van der Waals surface area contributed by atoms with Gasteiger partial charge in [0.15, 0.2) is 5.65 Å². The standard InChI is InChI=1S/C8H6F3N3O/c1-5-7(15-8(9,10)11)14-6(13-5)3-2-4-12-14/h2-4H,1H3. The molecule has 0 aromatic carbocycles. The molecule has 0 atom stereocenters. The SMILES string of the molecule is Cc1nc2cccnn2c1OC(F)(F)F. The summed E-state index contributed by atoms with van der Waals surface area (Å²) in [4.78, 5) is 3.87. The molecule has 0 amide bonds. The molecular formula is C8H6F3N3O. The van der Waals surface area contributed by atoms with Gasteiger partial charge in [-0.3, -0.25) is 0 Å². The summed E-state index contributed by atoms with van der Waals surface area (Å²) in [6.07, 6.45) is -3.38. The van der Waals surface area contributed by atoms with Crippen molar-refractivity contribution in [3.05, 3.63) is 24.0 Å². The Balaban J connectivity index is 2.54. The van der Waals surface area contributed by atoms with Crippen molar-refractivity contribution in [3.63, 3.8) is 0 Å². The molecule has 4 nitrogen and oxygen atoms in total. The van der Waals surface area contributed by atoms with E-state index in [0.717, 1.165) is 4.52 Å². The Labute approximate surface area is 82.3 Å². The van der Waals surface area contributed by atoms with Crippen LogP contribution >= 0.6 is 0 Å². The average molecular weight is 217 g/mol. The maximum Gasteiger partial charge on any atom is 0.574 e. The van der Waals surface area contributed by atoms with Gasteiger partial charge in [0.25, 0.3) is 0 Å². The number of ether oxygens (including phenoxy) is 1. The summed E-state index contributed by atoms with van der Waals surface area (Å²) in [5.74, 6) is -0.405. The first-order valence-electron chi connectivity index (χ1n) is 4.03. The van der Waals surface area contributed by atoms with Gasteiger partial charge in [-0.05, 0) is 19.1 Å². The van der Waals surface area contributed by atoms with Gasteiger partial charge in [0.05, 0.1) is 0 Å². The van der Waals surface area contributed by atoms with Crippen molar-refractivity contribution in [2.45, 2.75) is 13.3 Å². The average Bonchev–Trinajstić information content (AvgIpc) is 2.41. The van der Waals surface area contributed by atoms with Crippen molar-refractivity contribution >= 4 is 5.65 Å². The maximum atomic E-state index is 12.0. The second-order valence-corrected chi connectivity index (χ2v) is 2.84. The van der Waals surface area contributed by atoms with E-state index in [1.165, 1.54) is 13.1 Å². The highest BCUT2D eigenvalue weighted by Crippen LogP contribution is 2.25. The molecule has 0 bridgehead atoms. The second kappa shape index (κ2) is 3.11. The Morgan fingerprint density at radius 1 is 1.40 bits per heavy atom. The van der Waals surface area contributed by atoms with E-state index < -0.39 is 12.2 Å². The van der Waals surface area contributed by atoms with Crippen LogP contribution < -0.4 is 4.74 Å². The number of hydrogen-bond donors (Lipinski definition) is 0. The highest BCUT2D eigenvalue weighted by atomic mass is 19.4. The number of nitrogens with zero attached hydrogens (tertiary/aromatic N) is 3. The van der Waals surface area contributed by atoms with E-state index in [0.29, 0.717) is 5.65 Å². The zero-order chi connectivity index (χ0) is 11.1. The lowest BCUT2D eigenvalue weighted by Crippen LogP contribution is -2.19. The molecule has 0 aliphatic rings. The molecule has 0 N–H and O–H groups in total. The predicted molar refractivity (Wildman–Crippen MR) is 44.4 cm³/mol. The molecule has 80 valence electrons. The van der Waals surface area contributed by atoms with Crippen LogP contribution in [0.4, 0.5) is 13.2 Å². The number of hydrogen-bond acceptors (Lipinski definition) is 3. The van der Waals surface area contributed by atoms with E-state index in [1.807, 2.05) is 0 Å². The lowest BCUT2D eigenvalue weighted by atomic mass is 10.5. The van der Waals surface area contributed by atoms with Gasteiger partial charge in [0.2, 0.25) is 5.88 Å². The molecular weight excluding hydrogens is 211 g/mol. The highest BCUT2D eigenvalue weighted by Gasteiger charge is 2.33. The predicted octanol–water partition coefficient (Wildman–Crippen LogP) is 1.94. The van der Waals surface area contributed by atoms with Gasteiger partial charge in [-0.15, -0.1) is 13.2 Å². The third-order valence-electron chi connectivity index (χ3n) is 1.73. The van der Waals surface area contributed by atoms with Crippen LogP contribution in [0.5, 0.6) is 5.88 Å². The number of fused-ring (bicyclic) bond motifs is 1. The van der Waals surface area contributed by atoms with Crippen LogP contribution in [0.25, 0.3) is 5.65 Å². The normalized spacial score (nSPS) is 12.0. The van der Waals surface area contributed by atoms with Crippen molar-refractivity contribution in [1.29, 1.82) is 0 Å². The van der Waals surface area contributed by atoms with Crippen molar-refractivity contribution in [2.75, 3.05) is 0 Å². The van der Waals surface area contributed by atoms with Gasteiger partial charge in [-0.25, -0.2) is 4.98 Å². The van der Waals surface area contributed by atoms with Crippen LogP contribution in [0.1, 0.15) is 5.69 Å². The third kappa shape index (κ3) is 1.85. The quantitative estimate of drug-likeness (QED) is 0.732. The third-order valence-corrected chi connectivity index (χ3v) is 1.73. The molecule has 7 heteroatoms. The van der Waals surface area contributed by atoms with E-state index in [2.05, 4.69) is 14.8 Å². The molecule has 0 saturated heterocycles. The Bertz CT molecular complexity index is 491. The highest BCUT2D eigenvalue weighted by molar-refractivity contribution is 5.43. The monoisotopic (exact) mass is 217 g/mol. The summed E-state index contributed by atoms with van der Waals surface area (Å²) in [6.45, 7) is 1.43. The van der Waals surface area contributed by atoms with Crippen LogP contribution in [-0.4, -0.2) is 21.0 Å². The molecule has 15 heavy (non-hydrogen) atoms. The van der Waals surface area contributed by atoms with Crippen molar-refractivity contribution in [2.24, 2.45) is 0 Å². The van der Waals surface area contributed by atoms with Gasteiger partial charge in [0.1, 0.15) is 5.69 Å². The first-order valence-corrected chi connectivity index (χ1v) is 4.03. The Morgan fingerprint density at radius 3 is 2.80 bits per heavy atom. The fraction of sp³-hybridized carbons (Fsp3) is 0.250. The number of rotatable bonds is 1. The van der Waals surface area contributed by atoms with Crippen LogP contribution in [0.3, 0.4) is 0 Å². The van der Waals surface area contributed by atoms with E-state index in [4.69, 9.17) is 0 Å². The van der Waals surface area contributed by atoms with Gasteiger partial charge in [0, 0.05) is 6.20 Å². The Hall–Kier alpha value is -1.79. The van der Waals surface area contributed by atoms with E-state index in [1.54, 1.807) is 12.1 Å². The molecule has 2 rings (SSSR count). The number of aryl methyl sites for hydroxylation is 1. The number of aromatic nitrogens is 3. The summed E-state index contributed by atoms with van der Waals surface area (Å²) in [6, 6.07) is 3.13. The summed E-state index contributed by atoms with van der Waals surface area (Å²) in [5.41, 5.74) is 0.459.